The molecule has 1 N–H and O–H groups in total. The lowest BCUT2D eigenvalue weighted by atomic mass is 10.2. The molecule has 106 valence electrons. The lowest BCUT2D eigenvalue weighted by Crippen LogP contribution is -2.20. The zero-order valence-corrected chi connectivity index (χ0v) is 12.2. The molecule has 0 aliphatic carbocycles. The van der Waals surface area contributed by atoms with Crippen molar-refractivity contribution in [1.82, 2.24) is 24.8 Å². The third-order valence-corrected chi connectivity index (χ3v) is 3.43. The predicted octanol–water partition coefficient (Wildman–Crippen LogP) is 0.492. The molecule has 0 radical (unpaired) electrons. The summed E-state index contributed by atoms with van der Waals surface area (Å²) in [5, 5.41) is 7.92. The first-order chi connectivity index (χ1) is 9.65. The average molecular weight is 272 g/mol. The Morgan fingerprint density at radius 1 is 1.35 bits per heavy atom. The Hall–Kier alpha value is -1.95. The second-order valence-electron chi connectivity index (χ2n) is 5.36. The minimum atomic E-state index is 0.830. The topological polar surface area (TPSA) is 57.8 Å². The van der Waals surface area contributed by atoms with Crippen LogP contribution in [0.5, 0.6) is 0 Å². The number of aliphatic imine (C=N–C) groups is 1. The molecule has 0 aromatic carbocycles. The first-order valence-corrected chi connectivity index (χ1v) is 6.94. The summed E-state index contributed by atoms with van der Waals surface area (Å²) in [6.45, 7) is 4.73. The molecule has 0 fully saturated rings. The van der Waals surface area contributed by atoms with Gasteiger partial charge in [0.05, 0.1) is 12.1 Å². The number of hydrogen-bond acceptors (Lipinski definition) is 5. The molecule has 1 aliphatic rings. The van der Waals surface area contributed by atoms with Crippen molar-refractivity contribution in [3.63, 3.8) is 0 Å². The minimum absolute atomic E-state index is 0.830. The number of hydrogen-bond donors (Lipinski definition) is 1. The van der Waals surface area contributed by atoms with Gasteiger partial charge in [0.2, 0.25) is 0 Å². The molecule has 6 nitrogen and oxygen atoms in total. The van der Waals surface area contributed by atoms with E-state index in [1.807, 2.05) is 11.4 Å². The maximum Gasteiger partial charge on any atom is 0.166 e. The summed E-state index contributed by atoms with van der Waals surface area (Å²) < 4.78 is 1.92. The molecule has 0 saturated heterocycles. The molecule has 3 heterocycles. The predicted molar refractivity (Wildman–Crippen MR) is 79.4 cm³/mol. The van der Waals surface area contributed by atoms with Crippen LogP contribution in [0.15, 0.2) is 17.1 Å². The van der Waals surface area contributed by atoms with Crippen molar-refractivity contribution in [2.75, 3.05) is 33.7 Å². The van der Waals surface area contributed by atoms with Gasteiger partial charge in [-0.2, -0.15) is 5.10 Å². The van der Waals surface area contributed by atoms with Gasteiger partial charge >= 0.3 is 0 Å². The molecule has 0 spiro atoms. The van der Waals surface area contributed by atoms with Crippen molar-refractivity contribution in [2.45, 2.75) is 13.3 Å². The van der Waals surface area contributed by atoms with Crippen molar-refractivity contribution >= 4 is 11.5 Å². The molecule has 0 saturated carbocycles. The Morgan fingerprint density at radius 3 is 2.90 bits per heavy atom. The van der Waals surface area contributed by atoms with Crippen LogP contribution < -0.4 is 5.32 Å². The van der Waals surface area contributed by atoms with E-state index >= 15 is 0 Å². The molecular formula is C14H20N6. The highest BCUT2D eigenvalue weighted by Crippen LogP contribution is 2.14. The van der Waals surface area contributed by atoms with Gasteiger partial charge in [0, 0.05) is 25.2 Å². The van der Waals surface area contributed by atoms with Gasteiger partial charge in [0.15, 0.2) is 11.5 Å². The first-order valence-electron chi connectivity index (χ1n) is 6.94. The number of likely N-dealkylation sites (N-methyl/N-ethyl adjacent to an activating group) is 1. The van der Waals surface area contributed by atoms with Gasteiger partial charge in [-0.1, -0.05) is 0 Å². The van der Waals surface area contributed by atoms with Gasteiger partial charge in [-0.15, -0.1) is 0 Å². The molecule has 2 aromatic heterocycles. The molecule has 0 bridgehead atoms. The second kappa shape index (κ2) is 5.20. The fourth-order valence-electron chi connectivity index (χ4n) is 2.32. The highest BCUT2D eigenvalue weighted by molar-refractivity contribution is 6.04. The fourth-order valence-corrected chi connectivity index (χ4v) is 2.32. The molecular weight excluding hydrogens is 252 g/mol. The zero-order chi connectivity index (χ0) is 14.1. The highest BCUT2D eigenvalue weighted by Gasteiger charge is 2.16. The third kappa shape index (κ3) is 2.38. The summed E-state index contributed by atoms with van der Waals surface area (Å²) in [6.07, 6.45) is 0.855. The summed E-state index contributed by atoms with van der Waals surface area (Å²) in [5.41, 5.74) is 3.02. The Balaban J connectivity index is 2.02. The van der Waals surface area contributed by atoms with Crippen LogP contribution in [0.2, 0.25) is 0 Å². The number of amidine groups is 1. The quantitative estimate of drug-likeness (QED) is 0.880. The van der Waals surface area contributed by atoms with Crippen LogP contribution in [0.4, 0.5) is 0 Å². The van der Waals surface area contributed by atoms with E-state index in [-0.39, 0.29) is 0 Å². The maximum atomic E-state index is 4.69. The van der Waals surface area contributed by atoms with Crippen LogP contribution in [-0.4, -0.2) is 59.1 Å². The standard InChI is InChI=1S/C14H20N6/c1-10-4-5-11(13-15-7-8-16-13)14-17-12(18-20(10)14)6-9-19(2)3/h4-5H,6-9H2,1-3H3,(H,15,16). The molecule has 0 amide bonds. The Kier molecular flexibility index (Phi) is 3.40. The monoisotopic (exact) mass is 272 g/mol. The van der Waals surface area contributed by atoms with Crippen LogP contribution in [0.1, 0.15) is 17.1 Å². The van der Waals surface area contributed by atoms with Gasteiger partial charge in [-0.25, -0.2) is 9.50 Å². The van der Waals surface area contributed by atoms with Gasteiger partial charge in [-0.05, 0) is 33.2 Å². The van der Waals surface area contributed by atoms with Gasteiger partial charge in [-0.3, -0.25) is 4.99 Å². The van der Waals surface area contributed by atoms with E-state index in [9.17, 15) is 0 Å². The number of rotatable bonds is 4. The lowest BCUT2D eigenvalue weighted by Gasteiger charge is -2.05. The SMILES string of the molecule is Cc1ccc(C2=NCCN2)c2nc(CCN(C)C)nn12. The molecule has 3 rings (SSSR count). The van der Waals surface area contributed by atoms with E-state index in [2.05, 4.69) is 46.5 Å². The molecule has 6 heteroatoms. The van der Waals surface area contributed by atoms with Gasteiger partial charge in [0.25, 0.3) is 0 Å². The molecule has 2 aromatic rings. The Labute approximate surface area is 118 Å². The van der Waals surface area contributed by atoms with Crippen molar-refractivity contribution in [3.05, 3.63) is 29.2 Å². The number of nitrogens with zero attached hydrogens (tertiary/aromatic N) is 5. The van der Waals surface area contributed by atoms with Crippen molar-refractivity contribution in [2.24, 2.45) is 4.99 Å². The number of fused-ring (bicyclic) bond motifs is 1. The maximum absolute atomic E-state index is 4.69. The van der Waals surface area contributed by atoms with E-state index in [1.165, 1.54) is 0 Å². The largest absolute Gasteiger partial charge is 0.368 e. The summed E-state index contributed by atoms with van der Waals surface area (Å²) in [5.74, 6) is 1.81. The Bertz CT molecular complexity index is 655. The number of aromatic nitrogens is 3. The number of pyridine rings is 1. The smallest absolute Gasteiger partial charge is 0.166 e. The summed E-state index contributed by atoms with van der Waals surface area (Å²) in [6, 6.07) is 4.14. The van der Waals surface area contributed by atoms with Crippen LogP contribution >= 0.6 is 0 Å². The fraction of sp³-hybridized carbons (Fsp3) is 0.500. The minimum Gasteiger partial charge on any atom is -0.368 e. The van der Waals surface area contributed by atoms with Gasteiger partial charge < -0.3 is 10.2 Å². The molecule has 0 unspecified atom stereocenters. The number of nitrogens with one attached hydrogen (secondary N) is 1. The third-order valence-electron chi connectivity index (χ3n) is 3.43. The summed E-state index contributed by atoms with van der Waals surface area (Å²) in [7, 11) is 4.12. The molecule has 0 atom stereocenters. The summed E-state index contributed by atoms with van der Waals surface area (Å²) in [4.78, 5) is 11.3. The van der Waals surface area contributed by atoms with Crippen LogP contribution in [0.3, 0.4) is 0 Å². The van der Waals surface area contributed by atoms with E-state index in [0.29, 0.717) is 0 Å². The van der Waals surface area contributed by atoms with Crippen LogP contribution in [0, 0.1) is 6.92 Å². The van der Waals surface area contributed by atoms with E-state index in [0.717, 1.165) is 54.6 Å². The first kappa shape index (κ1) is 13.1. The van der Waals surface area contributed by atoms with Crippen LogP contribution in [-0.2, 0) is 6.42 Å². The summed E-state index contributed by atoms with van der Waals surface area (Å²) >= 11 is 0. The van der Waals surface area contributed by atoms with E-state index < -0.39 is 0 Å². The zero-order valence-electron chi connectivity index (χ0n) is 12.2. The number of aryl methyl sites for hydroxylation is 1. The van der Waals surface area contributed by atoms with Crippen LogP contribution in [0.25, 0.3) is 5.65 Å². The molecule has 20 heavy (non-hydrogen) atoms. The van der Waals surface area contributed by atoms with Crippen molar-refractivity contribution in [3.8, 4) is 0 Å². The van der Waals surface area contributed by atoms with Gasteiger partial charge in [0.1, 0.15) is 5.84 Å². The highest BCUT2D eigenvalue weighted by atomic mass is 15.3. The lowest BCUT2D eigenvalue weighted by molar-refractivity contribution is 0.409. The van der Waals surface area contributed by atoms with Crippen molar-refractivity contribution < 1.29 is 0 Å². The average Bonchev–Trinajstić information content (AvgIpc) is 3.06. The normalized spacial score (nSPS) is 14.9. The second-order valence-corrected chi connectivity index (χ2v) is 5.36. The Morgan fingerprint density at radius 2 is 2.20 bits per heavy atom. The van der Waals surface area contributed by atoms with E-state index in [4.69, 9.17) is 4.98 Å². The van der Waals surface area contributed by atoms with E-state index in [1.54, 1.807) is 0 Å². The van der Waals surface area contributed by atoms with Crippen molar-refractivity contribution in [1.29, 1.82) is 0 Å². The molecule has 1 aliphatic heterocycles.